The Morgan fingerprint density at radius 2 is 2.13 bits per heavy atom. The summed E-state index contributed by atoms with van der Waals surface area (Å²) >= 11 is 0. The first kappa shape index (κ1) is 10.9. The highest BCUT2D eigenvalue weighted by Gasteiger charge is 2.28. The lowest BCUT2D eigenvalue weighted by molar-refractivity contribution is -0.147. The molecule has 1 aliphatic carbocycles. The minimum atomic E-state index is -0.0201. The van der Waals surface area contributed by atoms with Gasteiger partial charge in [0.05, 0.1) is 13.0 Å². The number of ether oxygens (including phenoxy) is 1. The predicted molar refractivity (Wildman–Crippen MR) is 58.5 cm³/mol. The molecule has 1 saturated heterocycles. The molecule has 0 N–H and O–H groups in total. The molecule has 1 saturated carbocycles. The summed E-state index contributed by atoms with van der Waals surface area (Å²) in [4.78, 5) is 13.9. The standard InChI is InChI=1S/C12H21NO2/c1-15-12(14)11-6-3-7-13(9-11)8-10-4-2-5-10/h10-11H,2-9H2,1H3/t11-/m0/s1. The minimum absolute atomic E-state index is 0.0201. The van der Waals surface area contributed by atoms with Crippen LogP contribution in [0.4, 0.5) is 0 Å². The zero-order valence-electron chi connectivity index (χ0n) is 9.58. The van der Waals surface area contributed by atoms with Gasteiger partial charge in [-0.1, -0.05) is 6.42 Å². The highest BCUT2D eigenvalue weighted by molar-refractivity contribution is 5.72. The molecule has 0 radical (unpaired) electrons. The summed E-state index contributed by atoms with van der Waals surface area (Å²) in [6, 6.07) is 0. The zero-order valence-corrected chi connectivity index (χ0v) is 9.58. The molecule has 86 valence electrons. The number of hydrogen-bond donors (Lipinski definition) is 0. The molecule has 0 unspecified atom stereocenters. The molecule has 0 aromatic carbocycles. The third kappa shape index (κ3) is 2.71. The van der Waals surface area contributed by atoms with Gasteiger partial charge >= 0.3 is 5.97 Å². The first-order valence-corrected chi connectivity index (χ1v) is 6.10. The molecule has 3 nitrogen and oxygen atoms in total. The number of methoxy groups -OCH3 is 1. The van der Waals surface area contributed by atoms with Crippen molar-refractivity contribution in [3.05, 3.63) is 0 Å². The quantitative estimate of drug-likeness (QED) is 0.665. The van der Waals surface area contributed by atoms with Crippen LogP contribution in [0.15, 0.2) is 0 Å². The van der Waals surface area contributed by atoms with E-state index in [4.69, 9.17) is 4.74 Å². The van der Waals surface area contributed by atoms with Gasteiger partial charge in [-0.25, -0.2) is 0 Å². The second-order valence-corrected chi connectivity index (χ2v) is 4.92. The largest absolute Gasteiger partial charge is 0.469 e. The van der Waals surface area contributed by atoms with E-state index in [9.17, 15) is 4.79 Å². The molecule has 0 spiro atoms. The number of rotatable bonds is 3. The van der Waals surface area contributed by atoms with E-state index in [0.717, 1.165) is 25.3 Å². The summed E-state index contributed by atoms with van der Waals surface area (Å²) in [5.74, 6) is 1.01. The normalized spacial score (nSPS) is 28.5. The number of nitrogens with zero attached hydrogens (tertiary/aromatic N) is 1. The third-order valence-corrected chi connectivity index (χ3v) is 3.78. The molecule has 1 aliphatic heterocycles. The summed E-state index contributed by atoms with van der Waals surface area (Å²) in [5.41, 5.74) is 0. The van der Waals surface area contributed by atoms with Crippen LogP contribution in [0.1, 0.15) is 32.1 Å². The van der Waals surface area contributed by atoms with Crippen LogP contribution in [0.25, 0.3) is 0 Å². The fourth-order valence-electron chi connectivity index (χ4n) is 2.62. The molecule has 0 bridgehead atoms. The topological polar surface area (TPSA) is 29.5 Å². The van der Waals surface area contributed by atoms with Gasteiger partial charge in [-0.3, -0.25) is 4.79 Å². The van der Waals surface area contributed by atoms with Crippen LogP contribution in [-0.4, -0.2) is 37.6 Å². The zero-order chi connectivity index (χ0) is 10.7. The number of likely N-dealkylation sites (tertiary alicyclic amines) is 1. The van der Waals surface area contributed by atoms with Gasteiger partial charge < -0.3 is 9.64 Å². The molecule has 2 rings (SSSR count). The highest BCUT2D eigenvalue weighted by atomic mass is 16.5. The maximum atomic E-state index is 11.4. The predicted octanol–water partition coefficient (Wildman–Crippen LogP) is 1.67. The van der Waals surface area contributed by atoms with Crippen molar-refractivity contribution in [1.82, 2.24) is 4.90 Å². The summed E-state index contributed by atoms with van der Waals surface area (Å²) in [6.45, 7) is 3.29. The Kier molecular flexibility index (Phi) is 3.62. The van der Waals surface area contributed by atoms with Gasteiger partial charge in [0.1, 0.15) is 0 Å². The molecule has 3 heteroatoms. The van der Waals surface area contributed by atoms with Crippen molar-refractivity contribution in [3.8, 4) is 0 Å². The van der Waals surface area contributed by atoms with E-state index in [1.807, 2.05) is 0 Å². The summed E-state index contributed by atoms with van der Waals surface area (Å²) in [5, 5.41) is 0. The Morgan fingerprint density at radius 1 is 1.33 bits per heavy atom. The van der Waals surface area contributed by atoms with Gasteiger partial charge in [0, 0.05) is 13.1 Å². The molecule has 1 atom stereocenters. The number of piperidine rings is 1. The van der Waals surface area contributed by atoms with Crippen LogP contribution >= 0.6 is 0 Å². The summed E-state index contributed by atoms with van der Waals surface area (Å²) in [7, 11) is 1.49. The van der Waals surface area contributed by atoms with E-state index in [1.54, 1.807) is 0 Å². The SMILES string of the molecule is COC(=O)[C@H]1CCCN(CC2CCC2)C1. The Morgan fingerprint density at radius 3 is 2.73 bits per heavy atom. The van der Waals surface area contributed by atoms with Crippen LogP contribution in [0.3, 0.4) is 0 Å². The smallest absolute Gasteiger partial charge is 0.309 e. The molecular weight excluding hydrogens is 190 g/mol. The third-order valence-electron chi connectivity index (χ3n) is 3.78. The van der Waals surface area contributed by atoms with E-state index in [2.05, 4.69) is 4.90 Å². The molecule has 0 aromatic heterocycles. The van der Waals surface area contributed by atoms with Crippen molar-refractivity contribution in [2.75, 3.05) is 26.7 Å². The van der Waals surface area contributed by atoms with E-state index < -0.39 is 0 Å². The van der Waals surface area contributed by atoms with Gasteiger partial charge in [0.2, 0.25) is 0 Å². The van der Waals surface area contributed by atoms with Gasteiger partial charge in [0.25, 0.3) is 0 Å². The fourth-order valence-corrected chi connectivity index (χ4v) is 2.62. The number of carbonyl (C=O) groups is 1. The van der Waals surface area contributed by atoms with E-state index in [0.29, 0.717) is 0 Å². The summed E-state index contributed by atoms with van der Waals surface area (Å²) in [6.07, 6.45) is 6.33. The van der Waals surface area contributed by atoms with E-state index in [-0.39, 0.29) is 11.9 Å². The highest BCUT2D eigenvalue weighted by Crippen LogP contribution is 2.28. The number of carbonyl (C=O) groups excluding carboxylic acids is 1. The lowest BCUT2D eigenvalue weighted by atomic mass is 9.84. The monoisotopic (exact) mass is 211 g/mol. The van der Waals surface area contributed by atoms with Crippen LogP contribution < -0.4 is 0 Å². The average Bonchev–Trinajstić information content (AvgIpc) is 2.23. The Hall–Kier alpha value is -0.570. The molecule has 1 heterocycles. The number of esters is 1. The molecule has 0 aromatic rings. The Labute approximate surface area is 91.8 Å². The molecule has 2 aliphatic rings. The summed E-state index contributed by atoms with van der Waals surface area (Å²) < 4.78 is 4.82. The van der Waals surface area contributed by atoms with Gasteiger partial charge in [-0.15, -0.1) is 0 Å². The van der Waals surface area contributed by atoms with Crippen LogP contribution in [0.5, 0.6) is 0 Å². The maximum Gasteiger partial charge on any atom is 0.309 e. The van der Waals surface area contributed by atoms with Gasteiger partial charge in [-0.2, -0.15) is 0 Å². The van der Waals surface area contributed by atoms with Crippen LogP contribution in [-0.2, 0) is 9.53 Å². The molecule has 0 amide bonds. The van der Waals surface area contributed by atoms with Crippen molar-refractivity contribution in [1.29, 1.82) is 0 Å². The molecular formula is C12H21NO2. The van der Waals surface area contributed by atoms with Gasteiger partial charge in [-0.05, 0) is 38.1 Å². The first-order valence-electron chi connectivity index (χ1n) is 6.10. The van der Waals surface area contributed by atoms with E-state index >= 15 is 0 Å². The van der Waals surface area contributed by atoms with Crippen molar-refractivity contribution < 1.29 is 9.53 Å². The number of hydrogen-bond acceptors (Lipinski definition) is 3. The molecule has 2 fully saturated rings. The van der Waals surface area contributed by atoms with Crippen molar-refractivity contribution >= 4 is 5.97 Å². The van der Waals surface area contributed by atoms with Crippen molar-refractivity contribution in [3.63, 3.8) is 0 Å². The first-order chi connectivity index (χ1) is 7.29. The average molecular weight is 211 g/mol. The second-order valence-electron chi connectivity index (χ2n) is 4.92. The lowest BCUT2D eigenvalue weighted by Crippen LogP contribution is -2.42. The molecule has 15 heavy (non-hydrogen) atoms. The Balaban J connectivity index is 1.78. The fraction of sp³-hybridized carbons (Fsp3) is 0.917. The lowest BCUT2D eigenvalue weighted by Gasteiger charge is -2.36. The van der Waals surface area contributed by atoms with E-state index in [1.165, 1.54) is 39.5 Å². The Bertz CT molecular complexity index is 226. The maximum absolute atomic E-state index is 11.4. The van der Waals surface area contributed by atoms with Gasteiger partial charge in [0.15, 0.2) is 0 Å². The van der Waals surface area contributed by atoms with Crippen LogP contribution in [0.2, 0.25) is 0 Å². The minimum Gasteiger partial charge on any atom is -0.469 e. The van der Waals surface area contributed by atoms with Crippen LogP contribution in [0, 0.1) is 11.8 Å². The second kappa shape index (κ2) is 4.97. The van der Waals surface area contributed by atoms with Crippen molar-refractivity contribution in [2.24, 2.45) is 11.8 Å². The van der Waals surface area contributed by atoms with Crippen molar-refractivity contribution in [2.45, 2.75) is 32.1 Å².